The summed E-state index contributed by atoms with van der Waals surface area (Å²) in [6, 6.07) is 6.71. The van der Waals surface area contributed by atoms with Gasteiger partial charge >= 0.3 is 0 Å². The van der Waals surface area contributed by atoms with Gasteiger partial charge in [-0.2, -0.15) is 10.1 Å². The average Bonchev–Trinajstić information content (AvgIpc) is 3.11. The number of hydrogen-bond acceptors (Lipinski definition) is 5. The van der Waals surface area contributed by atoms with Crippen molar-refractivity contribution >= 4 is 41.0 Å². The van der Waals surface area contributed by atoms with Gasteiger partial charge in [-0.1, -0.05) is 0 Å². The molecule has 6 heteroatoms. The molecular formula is C15H11N3O2S. The van der Waals surface area contributed by atoms with Crippen LogP contribution < -0.4 is 5.01 Å². The molecule has 21 heavy (non-hydrogen) atoms. The molecule has 0 spiro atoms. The number of aldehydes is 1. The summed E-state index contributed by atoms with van der Waals surface area (Å²) >= 11 is 1.46. The van der Waals surface area contributed by atoms with Crippen LogP contribution in [0.2, 0.25) is 0 Å². The Morgan fingerprint density at radius 3 is 2.62 bits per heavy atom. The Bertz CT molecular complexity index is 746. The van der Waals surface area contributed by atoms with Crippen molar-refractivity contribution in [3.63, 3.8) is 0 Å². The second-order valence-electron chi connectivity index (χ2n) is 4.44. The van der Waals surface area contributed by atoms with Gasteiger partial charge in [-0.3, -0.25) is 9.59 Å². The fourth-order valence-corrected chi connectivity index (χ4v) is 2.55. The SMILES string of the molecule is CC1=NN(c2ccc(C=O)cc2)C(=O)/C1=C\c1nccs1. The highest BCUT2D eigenvalue weighted by molar-refractivity contribution is 7.10. The zero-order valence-corrected chi connectivity index (χ0v) is 12.0. The highest BCUT2D eigenvalue weighted by atomic mass is 32.1. The van der Waals surface area contributed by atoms with Crippen molar-refractivity contribution < 1.29 is 9.59 Å². The highest BCUT2D eigenvalue weighted by Crippen LogP contribution is 2.25. The van der Waals surface area contributed by atoms with Gasteiger partial charge in [0.15, 0.2) is 0 Å². The van der Waals surface area contributed by atoms with Crippen LogP contribution in [0.25, 0.3) is 6.08 Å². The minimum atomic E-state index is -0.193. The van der Waals surface area contributed by atoms with E-state index in [4.69, 9.17) is 0 Å². The molecule has 0 radical (unpaired) electrons. The lowest BCUT2D eigenvalue weighted by molar-refractivity contribution is -0.114. The number of hydrogen-bond donors (Lipinski definition) is 0. The van der Waals surface area contributed by atoms with Crippen LogP contribution in [-0.2, 0) is 4.79 Å². The van der Waals surface area contributed by atoms with Crippen LogP contribution >= 0.6 is 11.3 Å². The van der Waals surface area contributed by atoms with Crippen LogP contribution in [-0.4, -0.2) is 22.9 Å². The molecule has 0 bridgehead atoms. The Labute approximate surface area is 125 Å². The van der Waals surface area contributed by atoms with E-state index in [-0.39, 0.29) is 5.91 Å². The Morgan fingerprint density at radius 2 is 2.00 bits per heavy atom. The van der Waals surface area contributed by atoms with Crippen molar-refractivity contribution in [3.8, 4) is 0 Å². The predicted molar refractivity (Wildman–Crippen MR) is 82.5 cm³/mol. The molecule has 1 aromatic heterocycles. The summed E-state index contributed by atoms with van der Waals surface area (Å²) in [6.07, 6.45) is 4.20. The lowest BCUT2D eigenvalue weighted by Gasteiger charge is -2.11. The quantitative estimate of drug-likeness (QED) is 0.646. The standard InChI is InChI=1S/C15H11N3O2S/c1-10-13(8-14-16-6-7-21-14)15(20)18(17-10)12-4-2-11(9-19)3-5-12/h2-9H,1H3/b13-8-. The molecule has 5 nitrogen and oxygen atoms in total. The number of thiazole rings is 1. The van der Waals surface area contributed by atoms with Crippen molar-refractivity contribution in [1.82, 2.24) is 4.98 Å². The monoisotopic (exact) mass is 297 g/mol. The third kappa shape index (κ3) is 2.53. The number of amides is 1. The third-order valence-corrected chi connectivity index (χ3v) is 3.78. The number of carbonyl (C=O) groups is 2. The van der Waals surface area contributed by atoms with Crippen molar-refractivity contribution in [2.24, 2.45) is 5.10 Å². The van der Waals surface area contributed by atoms with Gasteiger partial charge in [-0.05, 0) is 37.3 Å². The largest absolute Gasteiger partial charge is 0.298 e. The average molecular weight is 297 g/mol. The van der Waals surface area contributed by atoms with E-state index in [1.165, 1.54) is 16.3 Å². The second-order valence-corrected chi connectivity index (χ2v) is 5.37. The molecule has 104 valence electrons. The fraction of sp³-hybridized carbons (Fsp3) is 0.0667. The van der Waals surface area contributed by atoms with Gasteiger partial charge in [0.2, 0.25) is 0 Å². The zero-order chi connectivity index (χ0) is 14.8. The van der Waals surface area contributed by atoms with Crippen LogP contribution in [0.1, 0.15) is 22.3 Å². The van der Waals surface area contributed by atoms with Gasteiger partial charge < -0.3 is 0 Å². The summed E-state index contributed by atoms with van der Waals surface area (Å²) < 4.78 is 0. The Hall–Kier alpha value is -2.60. The Morgan fingerprint density at radius 1 is 1.24 bits per heavy atom. The number of benzene rings is 1. The minimum absolute atomic E-state index is 0.193. The molecule has 3 rings (SSSR count). The van der Waals surface area contributed by atoms with Gasteiger partial charge in [-0.15, -0.1) is 11.3 Å². The van der Waals surface area contributed by atoms with Crippen LogP contribution in [0.4, 0.5) is 5.69 Å². The molecule has 1 aliphatic heterocycles. The van der Waals surface area contributed by atoms with Gasteiger partial charge in [0.1, 0.15) is 11.3 Å². The van der Waals surface area contributed by atoms with E-state index in [9.17, 15) is 9.59 Å². The lowest BCUT2D eigenvalue weighted by Crippen LogP contribution is -2.21. The molecular weight excluding hydrogens is 286 g/mol. The van der Waals surface area contributed by atoms with Crippen LogP contribution in [0, 0.1) is 0 Å². The fourth-order valence-electron chi connectivity index (χ4n) is 1.98. The summed E-state index contributed by atoms with van der Waals surface area (Å²) in [5.74, 6) is -0.193. The predicted octanol–water partition coefficient (Wildman–Crippen LogP) is 2.76. The van der Waals surface area contributed by atoms with Gasteiger partial charge in [0.05, 0.1) is 17.0 Å². The molecule has 0 saturated carbocycles. The summed E-state index contributed by atoms with van der Waals surface area (Å²) in [4.78, 5) is 27.3. The van der Waals surface area contributed by atoms with E-state index < -0.39 is 0 Å². The Kier molecular flexibility index (Phi) is 3.45. The van der Waals surface area contributed by atoms with Crippen molar-refractivity contribution in [3.05, 3.63) is 52.0 Å². The molecule has 0 fully saturated rings. The van der Waals surface area contributed by atoms with Crippen LogP contribution in [0.3, 0.4) is 0 Å². The molecule has 0 atom stereocenters. The minimum Gasteiger partial charge on any atom is -0.298 e. The maximum absolute atomic E-state index is 12.4. The first-order valence-electron chi connectivity index (χ1n) is 6.25. The number of hydrazone groups is 1. The number of aromatic nitrogens is 1. The zero-order valence-electron chi connectivity index (χ0n) is 11.2. The third-order valence-electron chi connectivity index (χ3n) is 3.06. The number of anilines is 1. The molecule has 1 amide bonds. The number of nitrogens with zero attached hydrogens (tertiary/aromatic N) is 3. The van der Waals surface area contributed by atoms with Gasteiger partial charge in [0.25, 0.3) is 5.91 Å². The van der Waals surface area contributed by atoms with Crippen molar-refractivity contribution in [1.29, 1.82) is 0 Å². The van der Waals surface area contributed by atoms with Crippen LogP contribution in [0.15, 0.2) is 46.5 Å². The maximum atomic E-state index is 12.4. The normalized spacial score (nSPS) is 16.4. The number of rotatable bonds is 3. The van der Waals surface area contributed by atoms with Gasteiger partial charge in [-0.25, -0.2) is 4.98 Å². The van der Waals surface area contributed by atoms with E-state index in [0.717, 1.165) is 11.3 Å². The van der Waals surface area contributed by atoms with E-state index in [1.807, 2.05) is 5.38 Å². The van der Waals surface area contributed by atoms with Gasteiger partial charge in [0, 0.05) is 17.1 Å². The molecule has 0 aliphatic carbocycles. The summed E-state index contributed by atoms with van der Waals surface area (Å²) in [5.41, 5.74) is 2.37. The summed E-state index contributed by atoms with van der Waals surface area (Å²) in [7, 11) is 0. The summed E-state index contributed by atoms with van der Waals surface area (Å²) in [6.45, 7) is 1.79. The Balaban J connectivity index is 1.92. The lowest BCUT2D eigenvalue weighted by atomic mass is 10.1. The molecule has 2 aromatic rings. The van der Waals surface area contributed by atoms with E-state index in [2.05, 4.69) is 10.1 Å². The number of carbonyl (C=O) groups excluding carboxylic acids is 2. The molecule has 1 aliphatic rings. The van der Waals surface area contributed by atoms with Crippen molar-refractivity contribution in [2.45, 2.75) is 6.92 Å². The molecule has 1 aromatic carbocycles. The highest BCUT2D eigenvalue weighted by Gasteiger charge is 2.28. The summed E-state index contributed by atoms with van der Waals surface area (Å²) in [5, 5.41) is 8.24. The van der Waals surface area contributed by atoms with E-state index in [1.54, 1.807) is 43.5 Å². The molecule has 0 N–H and O–H groups in total. The van der Waals surface area contributed by atoms with E-state index in [0.29, 0.717) is 22.5 Å². The van der Waals surface area contributed by atoms with Crippen LogP contribution in [0.5, 0.6) is 0 Å². The maximum Gasteiger partial charge on any atom is 0.280 e. The first kappa shape index (κ1) is 13.4. The molecule has 0 unspecified atom stereocenters. The van der Waals surface area contributed by atoms with E-state index >= 15 is 0 Å². The second kappa shape index (κ2) is 5.41. The smallest absolute Gasteiger partial charge is 0.280 e. The molecule has 2 heterocycles. The molecule has 0 saturated heterocycles. The first-order chi connectivity index (χ1) is 10.2. The first-order valence-corrected chi connectivity index (χ1v) is 7.13. The van der Waals surface area contributed by atoms with Crippen molar-refractivity contribution in [2.75, 3.05) is 5.01 Å². The topological polar surface area (TPSA) is 62.6 Å².